The van der Waals surface area contributed by atoms with E-state index in [-0.39, 0.29) is 28.9 Å². The van der Waals surface area contributed by atoms with Gasteiger partial charge in [-0.2, -0.15) is 0 Å². The van der Waals surface area contributed by atoms with E-state index in [1.54, 1.807) is 0 Å². The van der Waals surface area contributed by atoms with Crippen LogP contribution in [-0.4, -0.2) is 9.91 Å². The molecule has 8 heteroatoms. The molecule has 5 nitrogen and oxygen atoms in total. The van der Waals surface area contributed by atoms with E-state index < -0.39 is 22.9 Å². The molecule has 0 atom stereocenters. The van der Waals surface area contributed by atoms with Gasteiger partial charge in [0.15, 0.2) is 0 Å². The molecule has 0 unspecified atom stereocenters. The van der Waals surface area contributed by atoms with Crippen LogP contribution in [0.1, 0.15) is 23.2 Å². The summed E-state index contributed by atoms with van der Waals surface area (Å²) in [7, 11) is 0. The number of aromatic nitrogens is 1. The van der Waals surface area contributed by atoms with Gasteiger partial charge in [-0.3, -0.25) is 10.1 Å². The Kier molecular flexibility index (Phi) is 4.75. The molecule has 0 radical (unpaired) electrons. The smallest absolute Gasteiger partial charge is 0.280 e. The number of rotatable bonds is 5. The van der Waals surface area contributed by atoms with Crippen molar-refractivity contribution in [2.45, 2.75) is 20.0 Å². The summed E-state index contributed by atoms with van der Waals surface area (Å²) in [6, 6.07) is 9.20. The zero-order valence-corrected chi connectivity index (χ0v) is 13.6. The third-order valence-corrected chi connectivity index (χ3v) is 3.84. The molecule has 0 fully saturated rings. The minimum atomic E-state index is -2.82. The number of aryl methyl sites for hydroxylation is 1. The molecule has 0 aliphatic heterocycles. The van der Waals surface area contributed by atoms with Crippen molar-refractivity contribution in [2.24, 2.45) is 0 Å². The van der Waals surface area contributed by atoms with Crippen LogP contribution in [-0.2, 0) is 6.61 Å². The second-order valence-electron chi connectivity index (χ2n) is 5.67. The van der Waals surface area contributed by atoms with Crippen molar-refractivity contribution in [1.82, 2.24) is 4.98 Å². The van der Waals surface area contributed by atoms with Gasteiger partial charge >= 0.3 is 0 Å². The van der Waals surface area contributed by atoms with Crippen LogP contribution in [0.4, 0.5) is 18.9 Å². The molecule has 0 spiro atoms. The number of nitro groups is 1. The maximum atomic E-state index is 13.1. The first-order valence-corrected chi connectivity index (χ1v) is 7.60. The lowest BCUT2D eigenvalue weighted by Crippen LogP contribution is -2.01. The van der Waals surface area contributed by atoms with Gasteiger partial charge in [0.05, 0.1) is 10.4 Å². The Hall–Kier alpha value is -3.16. The van der Waals surface area contributed by atoms with Crippen molar-refractivity contribution in [1.29, 1.82) is 0 Å². The highest BCUT2D eigenvalue weighted by Crippen LogP contribution is 2.34. The molecule has 0 saturated heterocycles. The Labute approximate surface area is 146 Å². The molecule has 1 aromatic heterocycles. The molecule has 0 bridgehead atoms. The number of benzene rings is 2. The summed E-state index contributed by atoms with van der Waals surface area (Å²) in [6.45, 7) is 1.50. The summed E-state index contributed by atoms with van der Waals surface area (Å²) < 4.78 is 44.8. The molecule has 1 heterocycles. The van der Waals surface area contributed by atoms with Crippen molar-refractivity contribution >= 4 is 16.6 Å². The molecule has 0 aliphatic rings. The van der Waals surface area contributed by atoms with E-state index in [1.807, 2.05) is 0 Å². The van der Waals surface area contributed by atoms with E-state index in [9.17, 15) is 23.3 Å². The number of halogens is 3. The lowest BCUT2D eigenvalue weighted by Gasteiger charge is -2.12. The Morgan fingerprint density at radius 3 is 2.50 bits per heavy atom. The summed E-state index contributed by atoms with van der Waals surface area (Å²) in [5.74, 6) is -0.355. The van der Waals surface area contributed by atoms with Gasteiger partial charge in [-0.25, -0.2) is 18.2 Å². The number of pyridine rings is 1. The van der Waals surface area contributed by atoms with E-state index in [2.05, 4.69) is 4.98 Å². The summed E-state index contributed by atoms with van der Waals surface area (Å²) in [6.07, 6.45) is -2.82. The van der Waals surface area contributed by atoms with Crippen LogP contribution in [0.15, 0.2) is 42.5 Å². The quantitative estimate of drug-likeness (QED) is 0.467. The maximum Gasteiger partial charge on any atom is 0.280 e. The molecular formula is C18H13F3N2O3. The van der Waals surface area contributed by atoms with Crippen LogP contribution in [0.2, 0.25) is 0 Å². The molecule has 0 aliphatic carbocycles. The van der Waals surface area contributed by atoms with E-state index in [1.165, 1.54) is 43.3 Å². The van der Waals surface area contributed by atoms with Crippen molar-refractivity contribution < 1.29 is 22.8 Å². The van der Waals surface area contributed by atoms with Crippen molar-refractivity contribution in [3.63, 3.8) is 0 Å². The number of nitro benzene ring substituents is 1. The SMILES string of the molecule is Cc1cc2nc(C(F)F)cc(OCc3ccc(F)cc3)c2cc1[N+](=O)[O-]. The Bertz CT molecular complexity index is 976. The average molecular weight is 362 g/mol. The van der Waals surface area contributed by atoms with E-state index in [0.717, 1.165) is 6.07 Å². The fourth-order valence-electron chi connectivity index (χ4n) is 2.52. The van der Waals surface area contributed by atoms with Gasteiger partial charge in [0, 0.05) is 23.1 Å². The number of ether oxygens (including phenoxy) is 1. The number of hydrogen-bond acceptors (Lipinski definition) is 4. The van der Waals surface area contributed by atoms with Gasteiger partial charge in [-0.05, 0) is 30.7 Å². The number of alkyl halides is 2. The predicted octanol–water partition coefficient (Wildman–Crippen LogP) is 5.11. The fraction of sp³-hybridized carbons (Fsp3) is 0.167. The minimum absolute atomic E-state index is 0.0102. The molecular weight excluding hydrogens is 349 g/mol. The van der Waals surface area contributed by atoms with E-state index in [4.69, 9.17) is 4.74 Å². The molecule has 3 aromatic rings. The Morgan fingerprint density at radius 2 is 1.88 bits per heavy atom. The highest BCUT2D eigenvalue weighted by Gasteiger charge is 2.19. The standard InChI is InChI=1S/C18H13F3N2O3/c1-10-6-14-13(7-16(10)23(24)25)17(8-15(22-14)18(20)21)26-9-11-2-4-12(19)5-3-11/h2-8,18H,9H2,1H3. The van der Waals surface area contributed by atoms with Crippen molar-refractivity contribution in [3.05, 3.63) is 75.2 Å². The number of fused-ring (bicyclic) bond motifs is 1. The Balaban J connectivity index is 2.06. The van der Waals surface area contributed by atoms with Crippen LogP contribution < -0.4 is 4.74 Å². The molecule has 0 amide bonds. The third kappa shape index (κ3) is 3.58. The monoisotopic (exact) mass is 362 g/mol. The normalized spacial score (nSPS) is 11.1. The summed E-state index contributed by atoms with van der Waals surface area (Å²) >= 11 is 0. The van der Waals surface area contributed by atoms with Gasteiger partial charge in [0.2, 0.25) is 0 Å². The summed E-state index contributed by atoms with van der Waals surface area (Å²) in [4.78, 5) is 14.5. The zero-order chi connectivity index (χ0) is 18.8. The Morgan fingerprint density at radius 1 is 1.19 bits per heavy atom. The van der Waals surface area contributed by atoms with Crippen LogP contribution in [0.3, 0.4) is 0 Å². The van der Waals surface area contributed by atoms with E-state index >= 15 is 0 Å². The van der Waals surface area contributed by atoms with Crippen molar-refractivity contribution in [3.8, 4) is 5.75 Å². The highest BCUT2D eigenvalue weighted by atomic mass is 19.3. The second kappa shape index (κ2) is 6.99. The lowest BCUT2D eigenvalue weighted by atomic mass is 10.1. The molecule has 0 saturated carbocycles. The van der Waals surface area contributed by atoms with Crippen molar-refractivity contribution in [2.75, 3.05) is 0 Å². The first kappa shape index (κ1) is 17.7. The molecule has 26 heavy (non-hydrogen) atoms. The van der Waals surface area contributed by atoms with Gasteiger partial charge in [-0.15, -0.1) is 0 Å². The highest BCUT2D eigenvalue weighted by molar-refractivity contribution is 5.88. The summed E-state index contributed by atoms with van der Waals surface area (Å²) in [5, 5.41) is 11.4. The van der Waals surface area contributed by atoms with Gasteiger partial charge in [0.1, 0.15) is 23.9 Å². The largest absolute Gasteiger partial charge is 0.488 e. The van der Waals surface area contributed by atoms with E-state index in [0.29, 0.717) is 11.1 Å². The van der Waals surface area contributed by atoms with Crippen LogP contribution in [0.25, 0.3) is 10.9 Å². The molecule has 134 valence electrons. The van der Waals surface area contributed by atoms with Gasteiger partial charge < -0.3 is 4.74 Å². The molecule has 3 rings (SSSR count). The number of nitrogens with zero attached hydrogens (tertiary/aromatic N) is 2. The lowest BCUT2D eigenvalue weighted by molar-refractivity contribution is -0.385. The van der Waals surface area contributed by atoms with Gasteiger partial charge in [-0.1, -0.05) is 12.1 Å². The fourth-order valence-corrected chi connectivity index (χ4v) is 2.52. The molecule has 0 N–H and O–H groups in total. The first-order valence-electron chi connectivity index (χ1n) is 7.60. The minimum Gasteiger partial charge on any atom is -0.488 e. The number of hydrogen-bond donors (Lipinski definition) is 0. The maximum absolute atomic E-state index is 13.1. The molecule has 2 aromatic carbocycles. The van der Waals surface area contributed by atoms with Crippen LogP contribution >= 0.6 is 0 Å². The topological polar surface area (TPSA) is 65.3 Å². The van der Waals surface area contributed by atoms with Crippen LogP contribution in [0.5, 0.6) is 5.75 Å². The van der Waals surface area contributed by atoms with Gasteiger partial charge in [0.25, 0.3) is 12.1 Å². The third-order valence-electron chi connectivity index (χ3n) is 3.84. The summed E-state index contributed by atoms with van der Waals surface area (Å²) in [5.41, 5.74) is 0.470. The first-order chi connectivity index (χ1) is 12.3. The van der Waals surface area contributed by atoms with Crippen LogP contribution in [0, 0.1) is 22.9 Å². The average Bonchev–Trinajstić information content (AvgIpc) is 2.59. The predicted molar refractivity (Wildman–Crippen MR) is 88.8 cm³/mol. The zero-order valence-electron chi connectivity index (χ0n) is 13.6. The second-order valence-corrected chi connectivity index (χ2v) is 5.67.